The molecule has 33 heavy (non-hydrogen) atoms. The van der Waals surface area contributed by atoms with E-state index in [9.17, 15) is 0 Å². The maximum Gasteiger partial charge on any atom is 0.222 e. The van der Waals surface area contributed by atoms with Gasteiger partial charge in [0.2, 0.25) is 5.95 Å². The van der Waals surface area contributed by atoms with Gasteiger partial charge in [-0.25, -0.2) is 9.97 Å². The van der Waals surface area contributed by atoms with Crippen LogP contribution in [0.4, 0.5) is 23.3 Å². The van der Waals surface area contributed by atoms with E-state index < -0.39 is 0 Å². The van der Waals surface area contributed by atoms with E-state index in [1.54, 1.807) is 6.20 Å². The van der Waals surface area contributed by atoms with Crippen LogP contribution < -0.4 is 20.7 Å². The van der Waals surface area contributed by atoms with Crippen LogP contribution in [0.3, 0.4) is 0 Å². The van der Waals surface area contributed by atoms with Gasteiger partial charge in [-0.15, -0.1) is 0 Å². The van der Waals surface area contributed by atoms with Gasteiger partial charge in [-0.3, -0.25) is 0 Å². The summed E-state index contributed by atoms with van der Waals surface area (Å²) < 4.78 is 11.5. The minimum absolute atomic E-state index is 0.215. The first-order valence-electron chi connectivity index (χ1n) is 10.8. The van der Waals surface area contributed by atoms with E-state index in [1.807, 2.05) is 72.8 Å². The molecule has 1 aliphatic heterocycles. The molecule has 8 nitrogen and oxygen atoms in total. The van der Waals surface area contributed by atoms with E-state index in [-0.39, 0.29) is 5.95 Å². The lowest BCUT2D eigenvalue weighted by Crippen LogP contribution is -2.36. The predicted molar refractivity (Wildman–Crippen MR) is 129 cm³/mol. The Kier molecular flexibility index (Phi) is 5.99. The van der Waals surface area contributed by atoms with Crippen LogP contribution in [0.1, 0.15) is 0 Å². The number of benzene rings is 2. The zero-order valence-electron chi connectivity index (χ0n) is 18.0. The third-order valence-electron chi connectivity index (χ3n) is 5.23. The number of aromatic nitrogens is 3. The van der Waals surface area contributed by atoms with Crippen LogP contribution in [0.2, 0.25) is 0 Å². The van der Waals surface area contributed by atoms with Crippen LogP contribution in [0, 0.1) is 0 Å². The largest absolute Gasteiger partial charge is 0.457 e. The molecule has 5 rings (SSSR count). The molecule has 8 heteroatoms. The lowest BCUT2D eigenvalue weighted by molar-refractivity contribution is 0.122. The third kappa shape index (κ3) is 5.19. The van der Waals surface area contributed by atoms with Crippen molar-refractivity contribution in [1.82, 2.24) is 15.0 Å². The molecule has 166 valence electrons. The fourth-order valence-electron chi connectivity index (χ4n) is 3.61. The summed E-state index contributed by atoms with van der Waals surface area (Å²) in [6.45, 7) is 3.09. The number of ether oxygens (including phenoxy) is 2. The van der Waals surface area contributed by atoms with Crippen LogP contribution in [0.15, 0.2) is 79.0 Å². The zero-order chi connectivity index (χ0) is 22.5. The smallest absolute Gasteiger partial charge is 0.222 e. The van der Waals surface area contributed by atoms with E-state index in [0.29, 0.717) is 19.0 Å². The molecular formula is C25H24N6O2. The van der Waals surface area contributed by atoms with Gasteiger partial charge in [0.15, 0.2) is 0 Å². The van der Waals surface area contributed by atoms with Gasteiger partial charge >= 0.3 is 0 Å². The third-order valence-corrected chi connectivity index (χ3v) is 5.23. The summed E-state index contributed by atoms with van der Waals surface area (Å²) in [4.78, 5) is 15.3. The summed E-state index contributed by atoms with van der Waals surface area (Å²) in [5.74, 6) is 3.20. The molecule has 0 saturated carbocycles. The van der Waals surface area contributed by atoms with Gasteiger partial charge in [-0.1, -0.05) is 30.3 Å². The van der Waals surface area contributed by atoms with Gasteiger partial charge in [-0.05, 0) is 30.3 Å². The second kappa shape index (κ2) is 9.54. The number of morpholine rings is 1. The number of hydrogen-bond donors (Lipinski definition) is 2. The SMILES string of the molecule is Nc1nc(Nc2ccc(Oc3ccnc(N4CCOCC4)c3)cc2)cc(-c2ccccc2)n1. The zero-order valence-corrected chi connectivity index (χ0v) is 18.0. The first-order valence-corrected chi connectivity index (χ1v) is 10.8. The maximum absolute atomic E-state index is 6.04. The fourth-order valence-corrected chi connectivity index (χ4v) is 3.61. The van der Waals surface area contributed by atoms with Gasteiger partial charge < -0.3 is 25.4 Å². The lowest BCUT2D eigenvalue weighted by atomic mass is 10.1. The standard InChI is InChI=1S/C25H24N6O2/c26-25-29-22(18-4-2-1-3-5-18)17-23(30-25)28-19-6-8-20(9-7-19)33-21-10-11-27-24(16-21)31-12-14-32-15-13-31/h1-11,16-17H,12-15H2,(H3,26,28,29,30). The number of nitrogens with zero attached hydrogens (tertiary/aromatic N) is 4. The molecule has 0 bridgehead atoms. The Bertz CT molecular complexity index is 1210. The number of pyridine rings is 1. The highest BCUT2D eigenvalue weighted by Gasteiger charge is 2.13. The molecule has 0 aliphatic carbocycles. The van der Waals surface area contributed by atoms with Gasteiger partial charge in [0.25, 0.3) is 0 Å². The van der Waals surface area contributed by atoms with Crippen molar-refractivity contribution in [2.24, 2.45) is 0 Å². The summed E-state index contributed by atoms with van der Waals surface area (Å²) in [5.41, 5.74) is 8.54. The first kappa shape index (κ1) is 20.7. The summed E-state index contributed by atoms with van der Waals surface area (Å²) >= 11 is 0. The maximum atomic E-state index is 6.04. The molecular weight excluding hydrogens is 416 g/mol. The van der Waals surface area contributed by atoms with Gasteiger partial charge in [-0.2, -0.15) is 4.98 Å². The summed E-state index contributed by atoms with van der Waals surface area (Å²) in [6.07, 6.45) is 1.76. The Balaban J connectivity index is 1.27. The lowest BCUT2D eigenvalue weighted by Gasteiger charge is -2.27. The van der Waals surface area contributed by atoms with Crippen molar-refractivity contribution in [2.75, 3.05) is 42.3 Å². The van der Waals surface area contributed by atoms with E-state index in [4.69, 9.17) is 15.2 Å². The number of nitrogen functional groups attached to an aromatic ring is 1. The van der Waals surface area contributed by atoms with Crippen LogP contribution >= 0.6 is 0 Å². The molecule has 0 radical (unpaired) electrons. The van der Waals surface area contributed by atoms with Crippen LogP contribution in [-0.4, -0.2) is 41.3 Å². The summed E-state index contributed by atoms with van der Waals surface area (Å²) in [7, 11) is 0. The van der Waals surface area contributed by atoms with Crippen molar-refractivity contribution < 1.29 is 9.47 Å². The highest BCUT2D eigenvalue weighted by Crippen LogP contribution is 2.27. The molecule has 1 saturated heterocycles. The van der Waals surface area contributed by atoms with Gasteiger partial charge in [0.05, 0.1) is 18.9 Å². The molecule has 0 amide bonds. The second-order valence-corrected chi connectivity index (χ2v) is 7.56. The molecule has 1 aliphatic rings. The highest BCUT2D eigenvalue weighted by atomic mass is 16.5. The molecule has 0 spiro atoms. The van der Waals surface area contributed by atoms with Crippen LogP contribution in [0.5, 0.6) is 11.5 Å². The monoisotopic (exact) mass is 440 g/mol. The fraction of sp³-hybridized carbons (Fsp3) is 0.160. The number of anilines is 4. The van der Waals surface area contributed by atoms with Crippen molar-refractivity contribution >= 4 is 23.3 Å². The van der Waals surface area contributed by atoms with Crippen molar-refractivity contribution in [3.8, 4) is 22.8 Å². The topological polar surface area (TPSA) is 98.4 Å². The molecule has 1 fully saturated rings. The Morgan fingerprint density at radius 1 is 0.879 bits per heavy atom. The average molecular weight is 441 g/mol. The Morgan fingerprint density at radius 2 is 1.67 bits per heavy atom. The van der Waals surface area contributed by atoms with Crippen molar-refractivity contribution in [2.45, 2.75) is 0 Å². The number of hydrogen-bond acceptors (Lipinski definition) is 8. The number of rotatable bonds is 6. The first-order chi connectivity index (χ1) is 16.2. The summed E-state index contributed by atoms with van der Waals surface area (Å²) in [6, 6.07) is 23.2. The van der Waals surface area contributed by atoms with E-state index >= 15 is 0 Å². The number of nitrogens with two attached hydrogens (primary N) is 1. The average Bonchev–Trinajstić information content (AvgIpc) is 2.86. The molecule has 2 aromatic carbocycles. The normalized spacial score (nSPS) is 13.5. The van der Waals surface area contributed by atoms with Gasteiger partial charge in [0.1, 0.15) is 23.1 Å². The quantitative estimate of drug-likeness (QED) is 0.452. The Labute approximate surface area is 192 Å². The Hall–Kier alpha value is -4.17. The molecule has 3 heterocycles. The molecule has 0 unspecified atom stereocenters. The van der Waals surface area contributed by atoms with Crippen LogP contribution in [0.25, 0.3) is 11.3 Å². The molecule has 2 aromatic heterocycles. The predicted octanol–water partition coefficient (Wildman–Crippen LogP) is 4.49. The molecule has 3 N–H and O–H groups in total. The summed E-state index contributed by atoms with van der Waals surface area (Å²) in [5, 5.41) is 3.28. The van der Waals surface area contributed by atoms with E-state index in [0.717, 1.165) is 47.4 Å². The van der Waals surface area contributed by atoms with Gasteiger partial charge in [0, 0.05) is 42.7 Å². The minimum Gasteiger partial charge on any atom is -0.457 e. The van der Waals surface area contributed by atoms with E-state index in [1.165, 1.54) is 0 Å². The molecule has 0 atom stereocenters. The van der Waals surface area contributed by atoms with Crippen LogP contribution in [-0.2, 0) is 4.74 Å². The number of nitrogens with one attached hydrogen (secondary N) is 1. The minimum atomic E-state index is 0.215. The highest BCUT2D eigenvalue weighted by molar-refractivity contribution is 5.67. The van der Waals surface area contributed by atoms with E-state index in [2.05, 4.69) is 25.2 Å². The van der Waals surface area contributed by atoms with Crippen molar-refractivity contribution in [3.63, 3.8) is 0 Å². The molecule has 4 aromatic rings. The second-order valence-electron chi connectivity index (χ2n) is 7.56. The Morgan fingerprint density at radius 3 is 2.45 bits per heavy atom. The van der Waals surface area contributed by atoms with Crippen molar-refractivity contribution in [1.29, 1.82) is 0 Å². The van der Waals surface area contributed by atoms with Crippen molar-refractivity contribution in [3.05, 3.63) is 79.0 Å².